The minimum absolute atomic E-state index is 0.0981. The van der Waals surface area contributed by atoms with Gasteiger partial charge in [0.15, 0.2) is 6.10 Å². The van der Waals surface area contributed by atoms with Gasteiger partial charge in [-0.25, -0.2) is 0 Å². The Morgan fingerprint density at radius 3 is 2.30 bits per heavy atom. The summed E-state index contributed by atoms with van der Waals surface area (Å²) in [6.07, 6.45) is 6.89. The van der Waals surface area contributed by atoms with E-state index in [1.807, 2.05) is 17.0 Å². The minimum Gasteiger partial charge on any atom is -0.478 e. The molecule has 3 heterocycles. The van der Waals surface area contributed by atoms with Crippen LogP contribution in [0, 0.1) is 0 Å². The van der Waals surface area contributed by atoms with Crippen molar-refractivity contribution in [3.05, 3.63) is 29.8 Å². The van der Waals surface area contributed by atoms with Crippen molar-refractivity contribution in [2.24, 2.45) is 0 Å². The molecule has 1 amide bonds. The van der Waals surface area contributed by atoms with Crippen molar-refractivity contribution in [1.82, 2.24) is 9.80 Å². The van der Waals surface area contributed by atoms with Crippen LogP contribution in [0.2, 0.25) is 0 Å². The number of hydrogen-bond donors (Lipinski definition) is 0. The van der Waals surface area contributed by atoms with Crippen molar-refractivity contribution in [3.63, 3.8) is 0 Å². The van der Waals surface area contributed by atoms with E-state index in [0.717, 1.165) is 44.8 Å². The molecule has 1 aromatic carbocycles. The third-order valence-corrected chi connectivity index (χ3v) is 5.47. The van der Waals surface area contributed by atoms with Gasteiger partial charge in [-0.05, 0) is 51.3 Å². The average molecular weight is 314 g/mol. The molecule has 4 rings (SSSR count). The number of likely N-dealkylation sites (tertiary alicyclic amines) is 2. The lowest BCUT2D eigenvalue weighted by atomic mass is 9.97. The van der Waals surface area contributed by atoms with E-state index in [9.17, 15) is 4.79 Å². The van der Waals surface area contributed by atoms with Gasteiger partial charge in [0.2, 0.25) is 0 Å². The van der Waals surface area contributed by atoms with Crippen molar-refractivity contribution in [1.29, 1.82) is 0 Å². The largest absolute Gasteiger partial charge is 0.478 e. The maximum atomic E-state index is 13.1. The number of carbonyl (C=O) groups is 1. The molecule has 2 saturated heterocycles. The topological polar surface area (TPSA) is 32.8 Å². The highest BCUT2D eigenvalue weighted by atomic mass is 16.5. The molecular weight excluding hydrogens is 288 g/mol. The molecule has 0 N–H and O–H groups in total. The van der Waals surface area contributed by atoms with Crippen LogP contribution in [0.4, 0.5) is 0 Å². The summed E-state index contributed by atoms with van der Waals surface area (Å²) in [5.74, 6) is 1.09. The molecule has 2 unspecified atom stereocenters. The van der Waals surface area contributed by atoms with Crippen LogP contribution < -0.4 is 4.74 Å². The normalized spacial score (nSPS) is 28.3. The zero-order chi connectivity index (χ0) is 15.6. The molecule has 23 heavy (non-hydrogen) atoms. The number of piperidine rings is 2. The first-order valence-electron chi connectivity index (χ1n) is 9.13. The Bertz CT molecular complexity index is 562. The van der Waals surface area contributed by atoms with E-state index in [-0.39, 0.29) is 18.1 Å². The summed E-state index contributed by atoms with van der Waals surface area (Å²) in [6.45, 7) is 3.93. The Hall–Kier alpha value is -1.55. The van der Waals surface area contributed by atoms with E-state index in [1.54, 1.807) is 0 Å². The fraction of sp³-hybridized carbons (Fsp3) is 0.632. The molecular formula is C19H26N2O2. The van der Waals surface area contributed by atoms with Crippen LogP contribution in [-0.2, 0) is 4.79 Å². The molecule has 0 spiro atoms. The summed E-state index contributed by atoms with van der Waals surface area (Å²) in [5, 5.41) is 0. The van der Waals surface area contributed by atoms with Gasteiger partial charge >= 0.3 is 0 Å². The second-order valence-electron chi connectivity index (χ2n) is 7.00. The predicted octanol–water partition coefficient (Wildman–Crippen LogP) is 2.99. The monoisotopic (exact) mass is 314 g/mol. The van der Waals surface area contributed by atoms with E-state index in [4.69, 9.17) is 4.74 Å². The van der Waals surface area contributed by atoms with Crippen LogP contribution >= 0.6 is 0 Å². The molecule has 4 heteroatoms. The lowest BCUT2D eigenvalue weighted by Crippen LogP contribution is -2.49. The van der Waals surface area contributed by atoms with Crippen molar-refractivity contribution >= 4 is 5.91 Å². The predicted molar refractivity (Wildman–Crippen MR) is 89.5 cm³/mol. The van der Waals surface area contributed by atoms with Gasteiger partial charge in [0.05, 0.1) is 6.04 Å². The highest BCUT2D eigenvalue weighted by Gasteiger charge is 2.44. The number of carbonyl (C=O) groups excluding carboxylic acids is 1. The van der Waals surface area contributed by atoms with Crippen LogP contribution in [0.3, 0.4) is 0 Å². The van der Waals surface area contributed by atoms with Crippen LogP contribution in [0.25, 0.3) is 0 Å². The molecule has 3 aliphatic heterocycles. The Kier molecular flexibility index (Phi) is 4.25. The molecule has 0 bridgehead atoms. The molecule has 4 nitrogen and oxygen atoms in total. The highest BCUT2D eigenvalue weighted by Crippen LogP contribution is 2.42. The fourth-order valence-corrected chi connectivity index (χ4v) is 4.26. The van der Waals surface area contributed by atoms with E-state index in [0.29, 0.717) is 0 Å². The number of rotatable bonds is 2. The molecule has 3 aliphatic rings. The van der Waals surface area contributed by atoms with E-state index in [1.165, 1.54) is 31.2 Å². The van der Waals surface area contributed by atoms with Gasteiger partial charge in [-0.2, -0.15) is 0 Å². The molecule has 1 aromatic rings. The maximum absolute atomic E-state index is 13.1. The summed E-state index contributed by atoms with van der Waals surface area (Å²) in [7, 11) is 0. The summed E-state index contributed by atoms with van der Waals surface area (Å²) in [6, 6.07) is 8.31. The molecule has 0 saturated carbocycles. The van der Waals surface area contributed by atoms with Crippen LogP contribution in [0.1, 0.15) is 50.1 Å². The smallest absolute Gasteiger partial charge is 0.265 e. The zero-order valence-electron chi connectivity index (χ0n) is 13.7. The van der Waals surface area contributed by atoms with Crippen molar-refractivity contribution < 1.29 is 9.53 Å². The SMILES string of the molecule is O=C(C1Oc2ccccc2C1N1CCCCC1)N1CCCCC1. The summed E-state index contributed by atoms with van der Waals surface area (Å²) < 4.78 is 6.15. The first kappa shape index (κ1) is 15.0. The number of fused-ring (bicyclic) bond motifs is 1. The Labute approximate surface area is 138 Å². The van der Waals surface area contributed by atoms with Crippen molar-refractivity contribution in [2.45, 2.75) is 50.7 Å². The lowest BCUT2D eigenvalue weighted by Gasteiger charge is -2.36. The molecule has 124 valence electrons. The van der Waals surface area contributed by atoms with E-state index in [2.05, 4.69) is 17.0 Å². The van der Waals surface area contributed by atoms with E-state index >= 15 is 0 Å². The van der Waals surface area contributed by atoms with Gasteiger partial charge in [-0.3, -0.25) is 9.69 Å². The first-order chi connectivity index (χ1) is 11.3. The third-order valence-electron chi connectivity index (χ3n) is 5.47. The van der Waals surface area contributed by atoms with Gasteiger partial charge < -0.3 is 9.64 Å². The maximum Gasteiger partial charge on any atom is 0.265 e. The number of benzene rings is 1. The fourth-order valence-electron chi connectivity index (χ4n) is 4.26. The first-order valence-corrected chi connectivity index (χ1v) is 9.13. The third kappa shape index (κ3) is 2.85. The quantitative estimate of drug-likeness (QED) is 0.841. The Balaban J connectivity index is 1.61. The molecule has 0 aromatic heterocycles. The number of ether oxygens (including phenoxy) is 1. The van der Waals surface area contributed by atoms with Gasteiger partial charge in [0.1, 0.15) is 5.75 Å². The molecule has 0 aliphatic carbocycles. The van der Waals surface area contributed by atoms with Crippen LogP contribution in [0.15, 0.2) is 24.3 Å². The highest BCUT2D eigenvalue weighted by molar-refractivity contribution is 5.83. The summed E-state index contributed by atoms with van der Waals surface area (Å²) in [5.41, 5.74) is 1.20. The van der Waals surface area contributed by atoms with Gasteiger partial charge in [0, 0.05) is 18.7 Å². The lowest BCUT2D eigenvalue weighted by molar-refractivity contribution is -0.142. The molecule has 2 fully saturated rings. The van der Waals surface area contributed by atoms with Gasteiger partial charge in [0.25, 0.3) is 5.91 Å². The number of para-hydroxylation sites is 1. The van der Waals surface area contributed by atoms with Gasteiger partial charge in [-0.15, -0.1) is 0 Å². The van der Waals surface area contributed by atoms with E-state index < -0.39 is 0 Å². The van der Waals surface area contributed by atoms with Gasteiger partial charge in [-0.1, -0.05) is 24.6 Å². The standard InChI is InChI=1S/C19H26N2O2/c22-19(21-13-7-2-8-14-21)18-17(20-11-5-1-6-12-20)15-9-3-4-10-16(15)23-18/h3-4,9-10,17-18H,1-2,5-8,11-14H2. The van der Waals surface area contributed by atoms with Crippen LogP contribution in [0.5, 0.6) is 5.75 Å². The Morgan fingerprint density at radius 2 is 1.57 bits per heavy atom. The van der Waals surface area contributed by atoms with Crippen molar-refractivity contribution in [2.75, 3.05) is 26.2 Å². The Morgan fingerprint density at radius 1 is 0.913 bits per heavy atom. The second kappa shape index (κ2) is 6.52. The number of nitrogens with zero attached hydrogens (tertiary/aromatic N) is 2. The van der Waals surface area contributed by atoms with Crippen LogP contribution in [-0.4, -0.2) is 48.0 Å². The number of amides is 1. The number of hydrogen-bond acceptors (Lipinski definition) is 3. The summed E-state index contributed by atoms with van der Waals surface area (Å²) in [4.78, 5) is 17.6. The van der Waals surface area contributed by atoms with Crippen molar-refractivity contribution in [3.8, 4) is 5.75 Å². The average Bonchev–Trinajstić information content (AvgIpc) is 3.02. The minimum atomic E-state index is -0.358. The molecule has 0 radical (unpaired) electrons. The summed E-state index contributed by atoms with van der Waals surface area (Å²) >= 11 is 0. The molecule has 2 atom stereocenters. The zero-order valence-corrected chi connectivity index (χ0v) is 13.7. The second-order valence-corrected chi connectivity index (χ2v) is 7.00.